The molecule has 1 atom stereocenters. The van der Waals surface area contributed by atoms with Gasteiger partial charge in [0.25, 0.3) is 5.91 Å². The highest BCUT2D eigenvalue weighted by atomic mass is 32.2. The first-order chi connectivity index (χ1) is 12.5. The summed E-state index contributed by atoms with van der Waals surface area (Å²) in [4.78, 5) is 15.1. The molecule has 1 aromatic heterocycles. The second kappa shape index (κ2) is 6.55. The Morgan fingerprint density at radius 1 is 1.15 bits per heavy atom. The largest absolute Gasteiger partial charge is 0.467 e. The van der Waals surface area contributed by atoms with Gasteiger partial charge in [0.15, 0.2) is 0 Å². The van der Waals surface area contributed by atoms with Crippen LogP contribution in [0.25, 0.3) is 0 Å². The van der Waals surface area contributed by atoms with E-state index >= 15 is 0 Å². The molecule has 2 aliphatic carbocycles. The first-order valence-corrected chi connectivity index (χ1v) is 10.4. The lowest BCUT2D eigenvalue weighted by atomic mass is 10.1. The van der Waals surface area contributed by atoms with Crippen molar-refractivity contribution in [2.75, 3.05) is 0 Å². The first-order valence-electron chi connectivity index (χ1n) is 8.94. The molecule has 0 saturated heterocycles. The van der Waals surface area contributed by atoms with Crippen LogP contribution in [-0.2, 0) is 10.0 Å². The number of hydrogen-bond acceptors (Lipinski definition) is 4. The highest BCUT2D eigenvalue weighted by Gasteiger charge is 2.37. The van der Waals surface area contributed by atoms with Gasteiger partial charge in [0.2, 0.25) is 10.0 Å². The molecule has 1 amide bonds. The lowest BCUT2D eigenvalue weighted by molar-refractivity contribution is 0.0652. The Kier molecular flexibility index (Phi) is 4.36. The molecule has 1 heterocycles. The fraction of sp³-hybridized carbons (Fsp3) is 0.421. The van der Waals surface area contributed by atoms with Crippen LogP contribution in [0.5, 0.6) is 0 Å². The molecule has 4 rings (SSSR count). The van der Waals surface area contributed by atoms with Crippen LogP contribution in [0.15, 0.2) is 52.0 Å². The summed E-state index contributed by atoms with van der Waals surface area (Å²) in [7, 11) is -3.51. The third kappa shape index (κ3) is 3.54. The molecule has 26 heavy (non-hydrogen) atoms. The minimum Gasteiger partial charge on any atom is -0.467 e. The Morgan fingerprint density at radius 2 is 1.85 bits per heavy atom. The van der Waals surface area contributed by atoms with E-state index in [2.05, 4.69) is 4.72 Å². The number of furan rings is 1. The fourth-order valence-corrected chi connectivity index (χ4v) is 4.40. The van der Waals surface area contributed by atoms with Gasteiger partial charge in [0, 0.05) is 17.6 Å². The number of carbonyl (C=O) groups excluding carboxylic acids is 1. The van der Waals surface area contributed by atoms with Gasteiger partial charge in [0.05, 0.1) is 17.2 Å². The Morgan fingerprint density at radius 3 is 2.38 bits per heavy atom. The third-order valence-electron chi connectivity index (χ3n) is 4.86. The Labute approximate surface area is 153 Å². The number of nitrogens with zero attached hydrogens (tertiary/aromatic N) is 1. The predicted octanol–water partition coefficient (Wildman–Crippen LogP) is 3.09. The molecule has 7 heteroatoms. The number of nitrogens with one attached hydrogen (secondary N) is 1. The van der Waals surface area contributed by atoms with Gasteiger partial charge in [-0.2, -0.15) is 0 Å². The molecule has 6 nitrogen and oxygen atoms in total. The molecule has 1 N–H and O–H groups in total. The van der Waals surface area contributed by atoms with Crippen LogP contribution in [0.1, 0.15) is 54.8 Å². The van der Waals surface area contributed by atoms with Gasteiger partial charge in [-0.15, -0.1) is 0 Å². The van der Waals surface area contributed by atoms with Crippen molar-refractivity contribution in [3.8, 4) is 0 Å². The summed E-state index contributed by atoms with van der Waals surface area (Å²) in [5.41, 5.74) is 0.487. The van der Waals surface area contributed by atoms with E-state index in [9.17, 15) is 13.2 Å². The topological polar surface area (TPSA) is 79.6 Å². The quantitative estimate of drug-likeness (QED) is 0.808. The van der Waals surface area contributed by atoms with Crippen LogP contribution in [0, 0.1) is 0 Å². The van der Waals surface area contributed by atoms with E-state index in [0.717, 1.165) is 31.4 Å². The Balaban J connectivity index is 1.54. The summed E-state index contributed by atoms with van der Waals surface area (Å²) in [5, 5.41) is 0. The maximum absolute atomic E-state index is 13.0. The van der Waals surface area contributed by atoms with Crippen LogP contribution < -0.4 is 4.72 Å². The van der Waals surface area contributed by atoms with E-state index in [1.54, 1.807) is 18.4 Å². The zero-order chi connectivity index (χ0) is 18.3. The molecule has 138 valence electrons. The second-order valence-electron chi connectivity index (χ2n) is 7.05. The van der Waals surface area contributed by atoms with Crippen molar-refractivity contribution in [2.24, 2.45) is 0 Å². The van der Waals surface area contributed by atoms with Gasteiger partial charge in [-0.1, -0.05) is 0 Å². The summed E-state index contributed by atoms with van der Waals surface area (Å²) >= 11 is 0. The molecule has 0 unspecified atom stereocenters. The van der Waals surface area contributed by atoms with E-state index in [1.165, 1.54) is 12.1 Å². The summed E-state index contributed by atoms with van der Waals surface area (Å²) in [5.74, 6) is 0.647. The minimum atomic E-state index is -3.51. The first kappa shape index (κ1) is 17.3. The van der Waals surface area contributed by atoms with Crippen LogP contribution in [0.2, 0.25) is 0 Å². The molecule has 2 aliphatic rings. The van der Waals surface area contributed by atoms with Gasteiger partial charge >= 0.3 is 0 Å². The van der Waals surface area contributed by atoms with Crippen molar-refractivity contribution in [1.82, 2.24) is 9.62 Å². The molecule has 2 fully saturated rings. The van der Waals surface area contributed by atoms with Crippen LogP contribution >= 0.6 is 0 Å². The number of benzene rings is 1. The molecule has 0 radical (unpaired) electrons. The van der Waals surface area contributed by atoms with Crippen molar-refractivity contribution in [3.63, 3.8) is 0 Å². The smallest absolute Gasteiger partial charge is 0.254 e. The summed E-state index contributed by atoms with van der Waals surface area (Å²) < 4.78 is 32.6. The Bertz CT molecular complexity index is 882. The molecule has 0 bridgehead atoms. The summed E-state index contributed by atoms with van der Waals surface area (Å²) in [6.07, 6.45) is 5.34. The zero-order valence-electron chi connectivity index (χ0n) is 14.6. The summed E-state index contributed by atoms with van der Waals surface area (Å²) in [6, 6.07) is 9.97. The number of amides is 1. The molecule has 0 spiro atoms. The van der Waals surface area contributed by atoms with Crippen molar-refractivity contribution < 1.29 is 17.6 Å². The van der Waals surface area contributed by atoms with Gasteiger partial charge in [0.1, 0.15) is 5.76 Å². The molecule has 2 saturated carbocycles. The number of carbonyl (C=O) groups is 1. The molecule has 1 aromatic carbocycles. The third-order valence-corrected chi connectivity index (χ3v) is 6.39. The highest BCUT2D eigenvalue weighted by Crippen LogP contribution is 2.35. The van der Waals surface area contributed by atoms with E-state index in [0.29, 0.717) is 5.56 Å². The average molecular weight is 374 g/mol. The summed E-state index contributed by atoms with van der Waals surface area (Å²) in [6.45, 7) is 1.95. The highest BCUT2D eigenvalue weighted by molar-refractivity contribution is 7.89. The monoisotopic (exact) mass is 374 g/mol. The van der Waals surface area contributed by atoms with Crippen LogP contribution in [-0.4, -0.2) is 31.3 Å². The molecule has 0 aliphatic heterocycles. The maximum atomic E-state index is 13.0. The van der Waals surface area contributed by atoms with Gasteiger partial charge in [-0.25, -0.2) is 13.1 Å². The predicted molar refractivity (Wildman–Crippen MR) is 96.1 cm³/mol. The molecule has 2 aromatic rings. The number of hydrogen-bond donors (Lipinski definition) is 1. The number of rotatable bonds is 7. The van der Waals surface area contributed by atoms with Crippen molar-refractivity contribution >= 4 is 15.9 Å². The molecular weight excluding hydrogens is 352 g/mol. The van der Waals surface area contributed by atoms with E-state index in [1.807, 2.05) is 24.0 Å². The van der Waals surface area contributed by atoms with Crippen molar-refractivity contribution in [3.05, 3.63) is 54.0 Å². The van der Waals surface area contributed by atoms with Crippen LogP contribution in [0.4, 0.5) is 0 Å². The van der Waals surface area contributed by atoms with Crippen molar-refractivity contribution in [2.45, 2.75) is 55.6 Å². The van der Waals surface area contributed by atoms with E-state index in [-0.39, 0.29) is 28.9 Å². The van der Waals surface area contributed by atoms with Gasteiger partial charge in [-0.3, -0.25) is 4.79 Å². The normalized spacial score (nSPS) is 18.5. The minimum absolute atomic E-state index is 0.0563. The lowest BCUT2D eigenvalue weighted by Gasteiger charge is -2.28. The van der Waals surface area contributed by atoms with E-state index < -0.39 is 10.0 Å². The SMILES string of the molecule is C[C@@H](c1ccco1)N(C(=O)c1ccc(S(=O)(=O)NC2CC2)cc1)C1CC1. The fourth-order valence-electron chi connectivity index (χ4n) is 3.09. The second-order valence-corrected chi connectivity index (χ2v) is 8.77. The van der Waals surface area contributed by atoms with E-state index in [4.69, 9.17) is 4.42 Å². The van der Waals surface area contributed by atoms with Crippen LogP contribution in [0.3, 0.4) is 0 Å². The van der Waals surface area contributed by atoms with Crippen molar-refractivity contribution in [1.29, 1.82) is 0 Å². The standard InChI is InChI=1S/C19H22N2O4S/c1-13(18-3-2-12-25-18)21(16-8-9-16)19(22)14-4-10-17(11-5-14)26(23,24)20-15-6-7-15/h2-5,10-13,15-16,20H,6-9H2,1H3/t13-/m0/s1. The zero-order valence-corrected chi connectivity index (χ0v) is 15.4. The average Bonchev–Trinajstić information content (AvgIpc) is 3.56. The Hall–Kier alpha value is -2.12. The number of sulfonamides is 1. The van der Waals surface area contributed by atoms with Gasteiger partial charge < -0.3 is 9.32 Å². The lowest BCUT2D eigenvalue weighted by Crippen LogP contribution is -2.35. The maximum Gasteiger partial charge on any atom is 0.254 e. The molecular formula is C19H22N2O4S. The van der Waals surface area contributed by atoms with Gasteiger partial charge in [-0.05, 0) is 69.0 Å².